The molecule has 12 heteroatoms. The molecule has 1 atom stereocenters. The quantitative estimate of drug-likeness (QED) is 0.321. The molecule has 0 aliphatic carbocycles. The minimum atomic E-state index is -0.700. The fourth-order valence-electron chi connectivity index (χ4n) is 5.71. The Morgan fingerprint density at radius 2 is 2.05 bits per heavy atom. The molecule has 1 fully saturated rings. The third-order valence-corrected chi connectivity index (χ3v) is 9.45. The van der Waals surface area contributed by atoms with Crippen molar-refractivity contribution in [3.8, 4) is 22.7 Å². The van der Waals surface area contributed by atoms with E-state index in [1.54, 1.807) is 11.1 Å². The summed E-state index contributed by atoms with van der Waals surface area (Å²) in [5.74, 6) is -0.305. The molecule has 1 amide bonds. The molecule has 1 saturated heterocycles. The molecule has 1 N–H and O–H groups in total. The number of fused-ring (bicyclic) bond motifs is 2. The van der Waals surface area contributed by atoms with Crippen molar-refractivity contribution in [3.05, 3.63) is 75.7 Å². The Balaban J connectivity index is 1.71. The zero-order valence-corrected chi connectivity index (χ0v) is 24.8. The SMILES string of the molecule is C=CC(=O)N1CCN2c3nc(=O)n(-c4c(C)ccnc4C(C)C)c4nc(-c5c(O)cccc5F)c(Cl)c(c34)SCC2C1. The number of hydrogen-bond donors (Lipinski definition) is 1. The second-order valence-electron chi connectivity index (χ2n) is 10.7. The summed E-state index contributed by atoms with van der Waals surface area (Å²) in [6.07, 6.45) is 2.99. The molecule has 6 rings (SSSR count). The predicted molar refractivity (Wildman–Crippen MR) is 162 cm³/mol. The van der Waals surface area contributed by atoms with Crippen LogP contribution in [0.15, 0.2) is 52.8 Å². The summed E-state index contributed by atoms with van der Waals surface area (Å²) in [6.45, 7) is 10.7. The summed E-state index contributed by atoms with van der Waals surface area (Å²) < 4.78 is 16.7. The van der Waals surface area contributed by atoms with Gasteiger partial charge in [-0.2, -0.15) is 4.98 Å². The van der Waals surface area contributed by atoms with Crippen molar-refractivity contribution >= 4 is 46.1 Å². The van der Waals surface area contributed by atoms with Crippen LogP contribution in [-0.2, 0) is 4.79 Å². The van der Waals surface area contributed by atoms with Crippen molar-refractivity contribution in [2.75, 3.05) is 30.3 Å². The maximum absolute atomic E-state index is 15.2. The van der Waals surface area contributed by atoms with Crippen molar-refractivity contribution < 1.29 is 14.3 Å². The van der Waals surface area contributed by atoms with Gasteiger partial charge in [0.2, 0.25) is 5.91 Å². The number of phenolic OH excluding ortho intramolecular Hbond substituents is 1. The first kappa shape index (κ1) is 28.2. The molecule has 0 bridgehead atoms. The van der Waals surface area contributed by atoms with Crippen LogP contribution in [0.25, 0.3) is 28.0 Å². The van der Waals surface area contributed by atoms with Gasteiger partial charge in [-0.15, -0.1) is 11.8 Å². The van der Waals surface area contributed by atoms with Crippen LogP contribution < -0.4 is 10.6 Å². The molecule has 3 aromatic heterocycles. The largest absolute Gasteiger partial charge is 0.507 e. The number of amides is 1. The van der Waals surface area contributed by atoms with E-state index in [1.807, 2.05) is 31.7 Å². The number of nitrogens with zero attached hydrogens (tertiary/aromatic N) is 6. The Bertz CT molecular complexity index is 1820. The number of carbonyl (C=O) groups excluding carboxylic acids is 1. The number of aryl methyl sites for hydroxylation is 1. The van der Waals surface area contributed by atoms with E-state index >= 15 is 4.39 Å². The maximum atomic E-state index is 15.2. The summed E-state index contributed by atoms with van der Waals surface area (Å²) in [4.78, 5) is 44.9. The standard InChI is InChI=1S/C30H28ClFN6O3S/c1-5-20(40)36-11-12-37-17(13-36)14-42-27-22-28(37)35-30(41)38(26-16(4)9-10-33-24(26)15(2)3)29(22)34-25(23(27)31)21-18(32)7-6-8-19(21)39/h5-10,15,17,39H,1,11-14H2,2-4H3. The van der Waals surface area contributed by atoms with Crippen molar-refractivity contribution in [1.29, 1.82) is 0 Å². The van der Waals surface area contributed by atoms with Gasteiger partial charge < -0.3 is 14.9 Å². The van der Waals surface area contributed by atoms with Gasteiger partial charge in [0.05, 0.1) is 39.1 Å². The lowest BCUT2D eigenvalue weighted by molar-refractivity contribution is -0.126. The number of hydrogen-bond acceptors (Lipinski definition) is 8. The summed E-state index contributed by atoms with van der Waals surface area (Å²) in [5, 5.41) is 11.4. The normalized spacial score (nSPS) is 16.5. The fraction of sp³-hybridized carbons (Fsp3) is 0.300. The minimum absolute atomic E-state index is 0.0172. The van der Waals surface area contributed by atoms with Crippen LogP contribution >= 0.6 is 23.4 Å². The maximum Gasteiger partial charge on any atom is 0.355 e. The van der Waals surface area contributed by atoms with E-state index in [-0.39, 0.29) is 45.5 Å². The van der Waals surface area contributed by atoms with Gasteiger partial charge in [-0.3, -0.25) is 9.78 Å². The number of carbonyl (C=O) groups is 1. The van der Waals surface area contributed by atoms with Gasteiger partial charge in [0.15, 0.2) is 5.65 Å². The zero-order chi connectivity index (χ0) is 29.9. The Morgan fingerprint density at radius 1 is 1.26 bits per heavy atom. The lowest BCUT2D eigenvalue weighted by Crippen LogP contribution is -2.56. The van der Waals surface area contributed by atoms with E-state index in [4.69, 9.17) is 16.6 Å². The first-order valence-corrected chi connectivity index (χ1v) is 14.9. The number of aromatic nitrogens is 4. The van der Waals surface area contributed by atoms with E-state index in [0.29, 0.717) is 52.9 Å². The highest BCUT2D eigenvalue weighted by Crippen LogP contribution is 2.47. The van der Waals surface area contributed by atoms with Crippen molar-refractivity contribution in [3.63, 3.8) is 0 Å². The topological polar surface area (TPSA) is 104 Å². The van der Waals surface area contributed by atoms with Crippen molar-refractivity contribution in [2.24, 2.45) is 0 Å². The number of benzene rings is 1. The van der Waals surface area contributed by atoms with Gasteiger partial charge in [-0.25, -0.2) is 18.7 Å². The molecule has 2 aliphatic rings. The van der Waals surface area contributed by atoms with Crippen LogP contribution in [0.2, 0.25) is 5.02 Å². The molecular weight excluding hydrogens is 579 g/mol. The Labute approximate surface area is 250 Å². The molecule has 0 radical (unpaired) electrons. The van der Waals surface area contributed by atoms with Gasteiger partial charge in [0, 0.05) is 36.5 Å². The first-order valence-electron chi connectivity index (χ1n) is 13.5. The Hall–Kier alpha value is -3.96. The number of halogens is 2. The third kappa shape index (κ3) is 4.42. The fourth-order valence-corrected chi connectivity index (χ4v) is 7.30. The van der Waals surface area contributed by atoms with Gasteiger partial charge in [-0.05, 0) is 42.7 Å². The van der Waals surface area contributed by atoms with Crippen LogP contribution in [0.3, 0.4) is 0 Å². The summed E-state index contributed by atoms with van der Waals surface area (Å²) in [5.41, 5.74) is 1.54. The van der Waals surface area contributed by atoms with Gasteiger partial charge in [0.1, 0.15) is 17.4 Å². The molecule has 1 aromatic carbocycles. The average molecular weight is 607 g/mol. The molecule has 216 valence electrons. The molecule has 1 unspecified atom stereocenters. The molecule has 42 heavy (non-hydrogen) atoms. The van der Waals surface area contributed by atoms with Crippen LogP contribution in [0.5, 0.6) is 5.75 Å². The molecule has 2 aliphatic heterocycles. The Morgan fingerprint density at radius 3 is 2.76 bits per heavy atom. The van der Waals surface area contributed by atoms with E-state index < -0.39 is 11.5 Å². The highest BCUT2D eigenvalue weighted by molar-refractivity contribution is 7.99. The monoisotopic (exact) mass is 606 g/mol. The van der Waals surface area contributed by atoms with Crippen LogP contribution in [0.4, 0.5) is 10.2 Å². The zero-order valence-electron chi connectivity index (χ0n) is 23.3. The van der Waals surface area contributed by atoms with E-state index in [9.17, 15) is 14.7 Å². The lowest BCUT2D eigenvalue weighted by Gasteiger charge is -2.41. The van der Waals surface area contributed by atoms with Crippen LogP contribution in [0.1, 0.15) is 31.0 Å². The van der Waals surface area contributed by atoms with E-state index in [0.717, 1.165) is 5.56 Å². The highest BCUT2D eigenvalue weighted by Gasteiger charge is 2.37. The second kappa shape index (κ2) is 10.7. The van der Waals surface area contributed by atoms with Crippen molar-refractivity contribution in [1.82, 2.24) is 24.4 Å². The van der Waals surface area contributed by atoms with Crippen LogP contribution in [0, 0.1) is 12.7 Å². The lowest BCUT2D eigenvalue weighted by atomic mass is 10.0. The highest BCUT2D eigenvalue weighted by atomic mass is 35.5. The molecule has 0 spiro atoms. The number of aromatic hydroxyl groups is 1. The number of anilines is 1. The number of phenols is 1. The van der Waals surface area contributed by atoms with Crippen LogP contribution in [-0.4, -0.2) is 66.9 Å². The molecule has 4 aromatic rings. The summed E-state index contributed by atoms with van der Waals surface area (Å²) in [6, 6.07) is 5.61. The van der Waals surface area contributed by atoms with Gasteiger partial charge in [0.25, 0.3) is 0 Å². The van der Waals surface area contributed by atoms with Gasteiger partial charge in [-0.1, -0.05) is 38.1 Å². The predicted octanol–water partition coefficient (Wildman–Crippen LogP) is 5.08. The number of pyridine rings is 2. The third-order valence-electron chi connectivity index (χ3n) is 7.72. The molecular formula is C30H28ClFN6O3S. The second-order valence-corrected chi connectivity index (χ2v) is 12.1. The number of thioether (sulfide) groups is 1. The minimum Gasteiger partial charge on any atom is -0.507 e. The first-order chi connectivity index (χ1) is 20.1. The van der Waals surface area contributed by atoms with E-state index in [2.05, 4.69) is 16.5 Å². The molecule has 5 heterocycles. The average Bonchev–Trinajstić information content (AvgIpc) is 3.12. The number of rotatable bonds is 4. The van der Waals surface area contributed by atoms with Crippen molar-refractivity contribution in [2.45, 2.75) is 37.6 Å². The van der Waals surface area contributed by atoms with Gasteiger partial charge >= 0.3 is 5.69 Å². The van der Waals surface area contributed by atoms with E-state index in [1.165, 1.54) is 40.6 Å². The molecule has 0 saturated carbocycles. The smallest absolute Gasteiger partial charge is 0.355 e. The number of piperazine rings is 1. The Kier molecular flexibility index (Phi) is 7.18. The summed E-state index contributed by atoms with van der Waals surface area (Å²) >= 11 is 8.44. The summed E-state index contributed by atoms with van der Waals surface area (Å²) in [7, 11) is 0. The molecule has 9 nitrogen and oxygen atoms in total.